The number of guanidine groups is 1. The highest BCUT2D eigenvalue weighted by Gasteiger charge is 1.94. The van der Waals surface area contributed by atoms with Crippen molar-refractivity contribution in [2.45, 2.75) is 13.0 Å². The van der Waals surface area contributed by atoms with E-state index < -0.39 is 0 Å². The Kier molecular flexibility index (Phi) is 3.91. The van der Waals surface area contributed by atoms with Crippen LogP contribution in [0, 0.1) is 0 Å². The van der Waals surface area contributed by atoms with E-state index in [-0.39, 0.29) is 12.6 Å². The third kappa shape index (κ3) is 3.43. The Labute approximate surface area is 82.6 Å². The number of hydrogen-bond donors (Lipinski definition) is 2. The summed E-state index contributed by atoms with van der Waals surface area (Å²) in [4.78, 5) is 3.87. The Morgan fingerprint density at radius 2 is 1.71 bits per heavy atom. The van der Waals surface area contributed by atoms with Gasteiger partial charge in [0, 0.05) is 6.42 Å². The van der Waals surface area contributed by atoms with Crippen molar-refractivity contribution in [3.05, 3.63) is 35.4 Å². The fourth-order valence-electron chi connectivity index (χ4n) is 1.10. The maximum atomic E-state index is 12.0. The Morgan fingerprint density at radius 1 is 1.14 bits per heavy atom. The Morgan fingerprint density at radius 3 is 2.21 bits per heavy atom. The second-order valence-corrected chi connectivity index (χ2v) is 3.00. The molecule has 0 saturated carbocycles. The van der Waals surface area contributed by atoms with Crippen molar-refractivity contribution >= 4 is 5.96 Å². The molecule has 4 heteroatoms. The quantitative estimate of drug-likeness (QED) is 0.555. The highest BCUT2D eigenvalue weighted by Crippen LogP contribution is 2.06. The van der Waals surface area contributed by atoms with Crippen LogP contribution in [0.3, 0.4) is 0 Å². The third-order valence-electron chi connectivity index (χ3n) is 1.85. The molecule has 4 N–H and O–H groups in total. The summed E-state index contributed by atoms with van der Waals surface area (Å²) >= 11 is 0. The number of halogens is 1. The van der Waals surface area contributed by atoms with Gasteiger partial charge >= 0.3 is 0 Å². The molecule has 0 unspecified atom stereocenters. The molecule has 1 rings (SSSR count). The minimum atomic E-state index is -0.326. The van der Waals surface area contributed by atoms with E-state index in [1.54, 1.807) is 0 Å². The van der Waals surface area contributed by atoms with E-state index in [9.17, 15) is 4.39 Å². The molecule has 0 amide bonds. The second kappa shape index (κ2) is 5.21. The predicted octanol–water partition coefficient (Wildman–Crippen LogP) is 0.972. The normalized spacial score (nSPS) is 9.79. The van der Waals surface area contributed by atoms with Gasteiger partial charge < -0.3 is 11.5 Å². The molecule has 0 aliphatic carbocycles. The van der Waals surface area contributed by atoms with E-state index >= 15 is 0 Å². The van der Waals surface area contributed by atoms with Crippen molar-refractivity contribution in [3.8, 4) is 0 Å². The third-order valence-corrected chi connectivity index (χ3v) is 1.85. The summed E-state index contributed by atoms with van der Waals surface area (Å²) in [6.45, 7) is 0.144. The van der Waals surface area contributed by atoms with Crippen LogP contribution in [0.4, 0.5) is 4.39 Å². The molecule has 76 valence electrons. The van der Waals surface area contributed by atoms with Crippen molar-refractivity contribution in [1.82, 2.24) is 0 Å². The molecule has 0 aliphatic rings. The summed E-state index contributed by atoms with van der Waals surface area (Å²) in [5, 5.41) is 0. The van der Waals surface area contributed by atoms with Crippen LogP contribution in [0.25, 0.3) is 0 Å². The molecule has 0 fully saturated rings. The average molecular weight is 195 g/mol. The zero-order valence-corrected chi connectivity index (χ0v) is 7.91. The fourth-order valence-corrected chi connectivity index (χ4v) is 1.10. The first-order valence-corrected chi connectivity index (χ1v) is 4.41. The molecular formula is C10H14FN3. The number of nitrogens with two attached hydrogens (primary N) is 2. The number of aliphatic imine (C=N–C) groups is 1. The second-order valence-electron chi connectivity index (χ2n) is 3.00. The van der Waals surface area contributed by atoms with Crippen molar-refractivity contribution in [2.75, 3.05) is 6.67 Å². The lowest BCUT2D eigenvalue weighted by Crippen LogP contribution is -2.22. The van der Waals surface area contributed by atoms with Crippen LogP contribution < -0.4 is 11.5 Å². The Balaban J connectivity index is 2.59. The lowest BCUT2D eigenvalue weighted by Gasteiger charge is -2.00. The molecule has 0 heterocycles. The van der Waals surface area contributed by atoms with E-state index in [2.05, 4.69) is 4.99 Å². The zero-order chi connectivity index (χ0) is 10.4. The van der Waals surface area contributed by atoms with Gasteiger partial charge in [0.05, 0.1) is 13.2 Å². The summed E-state index contributed by atoms with van der Waals surface area (Å²) in [7, 11) is 0. The number of benzene rings is 1. The summed E-state index contributed by atoms with van der Waals surface area (Å²) < 4.78 is 12.0. The van der Waals surface area contributed by atoms with Gasteiger partial charge in [-0.25, -0.2) is 4.99 Å². The van der Waals surface area contributed by atoms with E-state index in [0.29, 0.717) is 13.0 Å². The van der Waals surface area contributed by atoms with Crippen LogP contribution in [0.1, 0.15) is 11.1 Å². The van der Waals surface area contributed by atoms with Crippen molar-refractivity contribution < 1.29 is 4.39 Å². The highest BCUT2D eigenvalue weighted by molar-refractivity contribution is 5.75. The molecule has 0 spiro atoms. The van der Waals surface area contributed by atoms with Gasteiger partial charge in [-0.2, -0.15) is 0 Å². The molecule has 0 aromatic heterocycles. The Bertz CT molecular complexity index is 302. The minimum Gasteiger partial charge on any atom is -0.370 e. The first kappa shape index (κ1) is 10.5. The molecule has 1 aromatic carbocycles. The van der Waals surface area contributed by atoms with Crippen molar-refractivity contribution in [2.24, 2.45) is 16.5 Å². The number of nitrogens with zero attached hydrogens (tertiary/aromatic N) is 1. The van der Waals surface area contributed by atoms with Gasteiger partial charge in [-0.3, -0.25) is 4.39 Å². The van der Waals surface area contributed by atoms with Gasteiger partial charge in [0.25, 0.3) is 0 Å². The van der Waals surface area contributed by atoms with E-state index in [4.69, 9.17) is 11.5 Å². The monoisotopic (exact) mass is 195 g/mol. The average Bonchev–Trinajstić information content (AvgIpc) is 2.17. The van der Waals surface area contributed by atoms with Gasteiger partial charge in [-0.05, 0) is 11.1 Å². The van der Waals surface area contributed by atoms with Gasteiger partial charge in [-0.1, -0.05) is 24.3 Å². The SMILES string of the molecule is NC(N)=NCc1ccc(CCF)cc1. The van der Waals surface area contributed by atoms with E-state index in [1.165, 1.54) is 0 Å². The maximum Gasteiger partial charge on any atom is 0.186 e. The van der Waals surface area contributed by atoms with Gasteiger partial charge in [0.15, 0.2) is 5.96 Å². The summed E-state index contributed by atoms with van der Waals surface area (Å²) in [5.74, 6) is 0.0813. The number of alkyl halides is 1. The van der Waals surface area contributed by atoms with Gasteiger partial charge in [-0.15, -0.1) is 0 Å². The van der Waals surface area contributed by atoms with E-state index in [1.807, 2.05) is 24.3 Å². The van der Waals surface area contributed by atoms with Crippen LogP contribution in [0.15, 0.2) is 29.3 Å². The molecular weight excluding hydrogens is 181 g/mol. The summed E-state index contributed by atoms with van der Waals surface area (Å²) in [5.41, 5.74) is 12.4. The predicted molar refractivity (Wildman–Crippen MR) is 55.6 cm³/mol. The number of hydrogen-bond acceptors (Lipinski definition) is 1. The molecule has 0 radical (unpaired) electrons. The van der Waals surface area contributed by atoms with Crippen LogP contribution in [-0.2, 0) is 13.0 Å². The maximum absolute atomic E-state index is 12.0. The molecule has 1 aromatic rings. The molecule has 0 bridgehead atoms. The molecule has 0 atom stereocenters. The summed E-state index contributed by atoms with van der Waals surface area (Å²) in [6.07, 6.45) is 0.461. The lowest BCUT2D eigenvalue weighted by molar-refractivity contribution is 0.495. The first-order valence-electron chi connectivity index (χ1n) is 4.41. The van der Waals surface area contributed by atoms with Crippen LogP contribution >= 0.6 is 0 Å². The van der Waals surface area contributed by atoms with Crippen LogP contribution in [0.5, 0.6) is 0 Å². The highest BCUT2D eigenvalue weighted by atomic mass is 19.1. The molecule has 0 aliphatic heterocycles. The Hall–Kier alpha value is -1.58. The zero-order valence-electron chi connectivity index (χ0n) is 7.91. The van der Waals surface area contributed by atoms with Crippen LogP contribution in [0.2, 0.25) is 0 Å². The standard InChI is InChI=1S/C10H14FN3/c11-6-5-8-1-3-9(4-2-8)7-14-10(12)13/h1-4H,5-7H2,(H4,12,13,14). The topological polar surface area (TPSA) is 64.4 Å². The van der Waals surface area contributed by atoms with Crippen molar-refractivity contribution in [3.63, 3.8) is 0 Å². The van der Waals surface area contributed by atoms with Gasteiger partial charge in [0.1, 0.15) is 0 Å². The van der Waals surface area contributed by atoms with Gasteiger partial charge in [0.2, 0.25) is 0 Å². The largest absolute Gasteiger partial charge is 0.370 e. The lowest BCUT2D eigenvalue weighted by atomic mass is 10.1. The van der Waals surface area contributed by atoms with Crippen LogP contribution in [-0.4, -0.2) is 12.6 Å². The first-order chi connectivity index (χ1) is 6.72. The minimum absolute atomic E-state index is 0.0813. The van der Waals surface area contributed by atoms with E-state index in [0.717, 1.165) is 11.1 Å². The smallest absolute Gasteiger partial charge is 0.186 e. The van der Waals surface area contributed by atoms with Crippen molar-refractivity contribution in [1.29, 1.82) is 0 Å². The number of aryl methyl sites for hydroxylation is 1. The fraction of sp³-hybridized carbons (Fsp3) is 0.300. The molecule has 3 nitrogen and oxygen atoms in total. The molecule has 14 heavy (non-hydrogen) atoms. The summed E-state index contributed by atoms with van der Waals surface area (Å²) in [6, 6.07) is 7.57. The molecule has 0 saturated heterocycles. The number of rotatable bonds is 4.